The van der Waals surface area contributed by atoms with Gasteiger partial charge >= 0.3 is 0 Å². The summed E-state index contributed by atoms with van der Waals surface area (Å²) in [6.07, 6.45) is 7.37. The van der Waals surface area contributed by atoms with Crippen molar-refractivity contribution >= 4 is 23.6 Å². The molecule has 1 saturated carbocycles. The maximum absolute atomic E-state index is 14.0. The Morgan fingerprint density at radius 3 is 2.24 bits per heavy atom. The Bertz CT molecular complexity index is 1210. The van der Waals surface area contributed by atoms with Crippen LogP contribution < -0.4 is 22.1 Å². The van der Waals surface area contributed by atoms with Crippen LogP contribution in [0.25, 0.3) is 0 Å². The van der Waals surface area contributed by atoms with Crippen molar-refractivity contribution in [2.24, 2.45) is 23.3 Å². The van der Waals surface area contributed by atoms with Crippen molar-refractivity contribution in [2.75, 3.05) is 19.6 Å². The summed E-state index contributed by atoms with van der Waals surface area (Å²) in [5.74, 6) is -0.163. The van der Waals surface area contributed by atoms with Gasteiger partial charge < -0.3 is 27.0 Å². The smallest absolute Gasteiger partial charge is 0.242 e. The topological polar surface area (TPSA) is 161 Å². The number of amides is 2. The lowest BCUT2D eigenvalue weighted by Gasteiger charge is -2.34. The molecule has 2 unspecified atom stereocenters. The van der Waals surface area contributed by atoms with Crippen molar-refractivity contribution in [3.05, 3.63) is 70.8 Å². The van der Waals surface area contributed by atoms with Gasteiger partial charge in [0, 0.05) is 25.2 Å². The van der Waals surface area contributed by atoms with E-state index < -0.39 is 12.0 Å². The molecule has 2 atom stereocenters. The Kier molecular flexibility index (Phi) is 10.4. The van der Waals surface area contributed by atoms with E-state index >= 15 is 0 Å². The fraction of sp³-hybridized carbons (Fsp3) is 0.500. The predicted molar refractivity (Wildman–Crippen MR) is 163 cm³/mol. The van der Waals surface area contributed by atoms with Gasteiger partial charge in [0.25, 0.3) is 0 Å². The first-order valence-corrected chi connectivity index (χ1v) is 14.9. The minimum absolute atomic E-state index is 0.00951. The number of hydrogen-bond donors (Lipinski definition) is 6. The van der Waals surface area contributed by atoms with Gasteiger partial charge in [0.1, 0.15) is 11.9 Å². The second-order valence-electron chi connectivity index (χ2n) is 11.7. The first kappa shape index (κ1) is 30.1. The van der Waals surface area contributed by atoms with Crippen LogP contribution in [-0.2, 0) is 16.0 Å². The lowest BCUT2D eigenvalue weighted by Crippen LogP contribution is -2.53. The van der Waals surface area contributed by atoms with Crippen LogP contribution in [0.4, 0.5) is 0 Å². The number of nitrogens with zero attached hydrogens (tertiary/aromatic N) is 1. The normalized spacial score (nSPS) is 17.8. The molecular weight excluding hydrogens is 514 g/mol. The molecule has 1 aliphatic carbocycles. The zero-order valence-corrected chi connectivity index (χ0v) is 24.1. The van der Waals surface area contributed by atoms with Gasteiger partial charge in [-0.05, 0) is 62.0 Å². The van der Waals surface area contributed by atoms with E-state index in [-0.39, 0.29) is 29.5 Å². The second-order valence-corrected chi connectivity index (χ2v) is 11.7. The van der Waals surface area contributed by atoms with Crippen molar-refractivity contribution in [3.63, 3.8) is 0 Å². The molecule has 41 heavy (non-hydrogen) atoms. The van der Waals surface area contributed by atoms with Crippen LogP contribution in [0, 0.1) is 29.6 Å². The second kappa shape index (κ2) is 14.1. The fourth-order valence-electron chi connectivity index (χ4n) is 6.16. The Balaban J connectivity index is 1.49. The zero-order chi connectivity index (χ0) is 29.4. The van der Waals surface area contributed by atoms with Crippen LogP contribution in [0.2, 0.25) is 0 Å². The van der Waals surface area contributed by atoms with Gasteiger partial charge in [-0.3, -0.25) is 20.4 Å². The van der Waals surface area contributed by atoms with Gasteiger partial charge in [0.15, 0.2) is 5.96 Å². The molecule has 9 heteroatoms. The molecule has 0 bridgehead atoms. The molecule has 1 saturated heterocycles. The molecule has 8 N–H and O–H groups in total. The largest absolute Gasteiger partial charge is 0.384 e. The van der Waals surface area contributed by atoms with Crippen LogP contribution in [0.15, 0.2) is 48.5 Å². The van der Waals surface area contributed by atoms with Crippen molar-refractivity contribution < 1.29 is 9.59 Å². The quantitative estimate of drug-likeness (QED) is 0.194. The molecule has 1 heterocycles. The number of piperidine rings is 1. The number of carbonyl (C=O) groups excluding carboxylic acids is 2. The van der Waals surface area contributed by atoms with E-state index in [4.69, 9.17) is 22.3 Å². The minimum Gasteiger partial charge on any atom is -0.384 e. The van der Waals surface area contributed by atoms with E-state index in [1.807, 2.05) is 60.4 Å². The van der Waals surface area contributed by atoms with Gasteiger partial charge in [0.2, 0.25) is 11.8 Å². The molecule has 2 amide bonds. The fourth-order valence-corrected chi connectivity index (χ4v) is 6.16. The molecule has 2 aromatic rings. The summed E-state index contributed by atoms with van der Waals surface area (Å²) in [5, 5.41) is 21.7. The Morgan fingerprint density at radius 2 is 1.63 bits per heavy atom. The van der Waals surface area contributed by atoms with Crippen LogP contribution in [0.5, 0.6) is 0 Å². The highest BCUT2D eigenvalue weighted by atomic mass is 16.2. The average molecular weight is 560 g/mol. The molecule has 2 aromatic carbocycles. The zero-order valence-electron chi connectivity index (χ0n) is 24.1. The van der Waals surface area contributed by atoms with E-state index in [9.17, 15) is 9.59 Å². The number of benzene rings is 2. The third kappa shape index (κ3) is 8.31. The number of amidine groups is 1. The van der Waals surface area contributed by atoms with Crippen molar-refractivity contribution in [1.82, 2.24) is 15.5 Å². The van der Waals surface area contributed by atoms with Gasteiger partial charge in [0.05, 0.1) is 5.92 Å². The SMILES string of the molecule is Cc1cccc(C(Cc2ccc(C(=N)N)cc2)C(=O)NC(C(=O)NCC2CCN(C(=N)N)CC2)C2CCCCC2)c1. The molecule has 4 rings (SSSR count). The highest BCUT2D eigenvalue weighted by Gasteiger charge is 2.34. The third-order valence-electron chi connectivity index (χ3n) is 8.69. The maximum atomic E-state index is 14.0. The lowest BCUT2D eigenvalue weighted by molar-refractivity contribution is -0.131. The number of carbonyl (C=O) groups is 2. The van der Waals surface area contributed by atoms with Gasteiger partial charge in [-0.15, -0.1) is 0 Å². The molecule has 0 radical (unpaired) electrons. The molecule has 2 aliphatic rings. The van der Waals surface area contributed by atoms with Crippen LogP contribution in [0.3, 0.4) is 0 Å². The Labute approximate surface area is 243 Å². The molecule has 1 aliphatic heterocycles. The Morgan fingerprint density at radius 1 is 0.951 bits per heavy atom. The summed E-state index contributed by atoms with van der Waals surface area (Å²) < 4.78 is 0. The number of hydrogen-bond acceptors (Lipinski definition) is 4. The van der Waals surface area contributed by atoms with Crippen LogP contribution in [-0.4, -0.2) is 54.2 Å². The summed E-state index contributed by atoms with van der Waals surface area (Å²) in [6.45, 7) is 4.03. The van der Waals surface area contributed by atoms with Crippen LogP contribution in [0.1, 0.15) is 73.1 Å². The summed E-state index contributed by atoms with van der Waals surface area (Å²) in [5.41, 5.74) is 14.9. The van der Waals surface area contributed by atoms with E-state index in [0.29, 0.717) is 24.4 Å². The van der Waals surface area contributed by atoms with Crippen molar-refractivity contribution in [3.8, 4) is 0 Å². The maximum Gasteiger partial charge on any atom is 0.242 e. The summed E-state index contributed by atoms with van der Waals surface area (Å²) in [6, 6.07) is 14.9. The number of nitrogen functional groups attached to an aromatic ring is 1. The number of nitrogens with one attached hydrogen (secondary N) is 4. The highest BCUT2D eigenvalue weighted by molar-refractivity contribution is 5.95. The average Bonchev–Trinajstić information content (AvgIpc) is 2.98. The third-order valence-corrected chi connectivity index (χ3v) is 8.69. The summed E-state index contributed by atoms with van der Waals surface area (Å²) in [4.78, 5) is 29.5. The van der Waals surface area contributed by atoms with E-state index in [1.54, 1.807) is 0 Å². The highest BCUT2D eigenvalue weighted by Crippen LogP contribution is 2.29. The standard InChI is InChI=1S/C32H45N7O2/c1-21-6-5-9-26(18-21)27(19-22-10-12-25(13-11-22)29(33)34)30(40)38-28(24-7-3-2-4-8-24)31(41)37-20-23-14-16-39(17-15-23)32(35)36/h5-6,9-13,18,23-24,27-28H,2-4,7-8,14-17,19-20H2,1H3,(H3,33,34)(H3,35,36)(H,37,41)(H,38,40). The molecular formula is C32H45N7O2. The van der Waals surface area contributed by atoms with Gasteiger partial charge in [-0.25, -0.2) is 0 Å². The van der Waals surface area contributed by atoms with Crippen molar-refractivity contribution in [2.45, 2.75) is 70.3 Å². The minimum atomic E-state index is -0.576. The summed E-state index contributed by atoms with van der Waals surface area (Å²) >= 11 is 0. The molecule has 220 valence electrons. The van der Waals surface area contributed by atoms with Crippen molar-refractivity contribution in [1.29, 1.82) is 10.8 Å². The van der Waals surface area contributed by atoms with E-state index in [0.717, 1.165) is 74.7 Å². The number of guanidine groups is 1. The predicted octanol–water partition coefficient (Wildman–Crippen LogP) is 3.39. The molecule has 2 fully saturated rings. The van der Waals surface area contributed by atoms with E-state index in [2.05, 4.69) is 10.6 Å². The van der Waals surface area contributed by atoms with Crippen LogP contribution >= 0.6 is 0 Å². The number of aryl methyl sites for hydroxylation is 1. The molecule has 9 nitrogen and oxygen atoms in total. The lowest BCUT2D eigenvalue weighted by atomic mass is 9.82. The number of rotatable bonds is 10. The van der Waals surface area contributed by atoms with Gasteiger partial charge in [-0.1, -0.05) is 73.4 Å². The summed E-state index contributed by atoms with van der Waals surface area (Å²) in [7, 11) is 0. The van der Waals surface area contributed by atoms with E-state index in [1.165, 1.54) is 0 Å². The van der Waals surface area contributed by atoms with Gasteiger partial charge in [-0.2, -0.15) is 0 Å². The first-order valence-electron chi connectivity index (χ1n) is 14.9. The first-order chi connectivity index (χ1) is 19.7. The monoisotopic (exact) mass is 559 g/mol. The number of nitrogens with two attached hydrogens (primary N) is 2. The molecule has 0 aromatic heterocycles. The number of likely N-dealkylation sites (tertiary alicyclic amines) is 1. The Hall–Kier alpha value is -3.88. The molecule has 0 spiro atoms.